The number of anilines is 1. The van der Waals surface area contributed by atoms with E-state index in [1.165, 1.54) is 0 Å². The van der Waals surface area contributed by atoms with Gasteiger partial charge in [0, 0.05) is 37.2 Å². The lowest BCUT2D eigenvalue weighted by atomic mass is 9.91. The first-order chi connectivity index (χ1) is 17.0. The minimum absolute atomic E-state index is 0.0229. The van der Waals surface area contributed by atoms with Crippen molar-refractivity contribution in [2.24, 2.45) is 16.8 Å². The Hall–Kier alpha value is -2.94. The molecule has 35 heavy (non-hydrogen) atoms. The van der Waals surface area contributed by atoms with E-state index in [9.17, 15) is 4.79 Å². The zero-order valence-electron chi connectivity index (χ0n) is 19.9. The molecule has 2 aromatic carbocycles. The van der Waals surface area contributed by atoms with Gasteiger partial charge in [0.1, 0.15) is 0 Å². The fraction of sp³-hybridized carbons (Fsp3) is 0.423. The Labute approximate surface area is 209 Å². The maximum atomic E-state index is 13.4. The molecule has 2 N–H and O–H groups in total. The fourth-order valence-electron chi connectivity index (χ4n) is 4.82. The highest BCUT2D eigenvalue weighted by Gasteiger charge is 2.34. The van der Waals surface area contributed by atoms with E-state index in [-0.39, 0.29) is 17.6 Å². The number of nitrogens with two attached hydrogens (primary N) is 1. The van der Waals surface area contributed by atoms with Crippen molar-refractivity contribution in [1.29, 1.82) is 0 Å². The third kappa shape index (κ3) is 4.91. The summed E-state index contributed by atoms with van der Waals surface area (Å²) in [5, 5.41) is 12.3. The van der Waals surface area contributed by atoms with Crippen molar-refractivity contribution < 1.29 is 4.74 Å². The first-order valence-corrected chi connectivity index (χ1v) is 12.6. The van der Waals surface area contributed by atoms with E-state index in [2.05, 4.69) is 12.1 Å². The zero-order valence-corrected chi connectivity index (χ0v) is 20.6. The summed E-state index contributed by atoms with van der Waals surface area (Å²) in [6, 6.07) is 17.8. The molecule has 1 saturated heterocycles. The number of hydrogen-bond acceptors (Lipinski definition) is 6. The van der Waals surface area contributed by atoms with Gasteiger partial charge in [-0.3, -0.25) is 4.57 Å². The highest BCUT2D eigenvalue weighted by Crippen LogP contribution is 2.32. The normalized spacial score (nSPS) is 19.7. The number of halogens is 1. The summed E-state index contributed by atoms with van der Waals surface area (Å²) in [7, 11) is 0. The van der Waals surface area contributed by atoms with Gasteiger partial charge in [-0.15, -0.1) is 5.10 Å². The Balaban J connectivity index is 1.55. The van der Waals surface area contributed by atoms with Crippen molar-refractivity contribution in [3.8, 4) is 0 Å². The minimum Gasteiger partial charge on any atom is -0.381 e. The molecule has 0 aliphatic carbocycles. The van der Waals surface area contributed by atoms with Crippen LogP contribution in [0.5, 0.6) is 0 Å². The quantitative estimate of drug-likeness (QED) is 0.541. The molecule has 0 unspecified atom stereocenters. The Morgan fingerprint density at radius 1 is 1.11 bits per heavy atom. The highest BCUT2D eigenvalue weighted by molar-refractivity contribution is 6.30. The third-order valence-electron chi connectivity index (χ3n) is 6.89. The summed E-state index contributed by atoms with van der Waals surface area (Å²) in [5.41, 5.74) is 8.94. The zero-order chi connectivity index (χ0) is 24.4. The predicted molar refractivity (Wildman–Crippen MR) is 138 cm³/mol. The van der Waals surface area contributed by atoms with Crippen molar-refractivity contribution in [2.45, 2.75) is 38.3 Å². The number of nitrogens with zero attached hydrogens (tertiary/aromatic N) is 5. The van der Waals surface area contributed by atoms with Gasteiger partial charge in [-0.2, -0.15) is 5.10 Å². The molecule has 0 saturated carbocycles. The maximum Gasteiger partial charge on any atom is 0.347 e. The van der Waals surface area contributed by atoms with Gasteiger partial charge >= 0.3 is 5.69 Å². The number of ether oxygens (including phenoxy) is 1. The van der Waals surface area contributed by atoms with Crippen LogP contribution in [0.15, 0.2) is 64.5 Å². The Kier molecular flexibility index (Phi) is 7.04. The van der Waals surface area contributed by atoms with E-state index in [0.29, 0.717) is 36.5 Å². The van der Waals surface area contributed by atoms with Gasteiger partial charge in [0.2, 0.25) is 5.95 Å². The standard InChI is InChI=1S/C26H31ClN6O2/c1-18(15-28)33-25(30-32(26(33)34)16-19-11-13-35-14-12-19)31-17-23(20-5-3-2-4-6-20)24(29-31)21-7-9-22(27)10-8-21/h2-10,18-19,23H,11-17,28H2,1H3/t18-,23+/m0/s1. The molecule has 5 rings (SSSR count). The van der Waals surface area contributed by atoms with Gasteiger partial charge in [0.05, 0.1) is 18.3 Å². The van der Waals surface area contributed by atoms with Crippen LogP contribution in [-0.4, -0.2) is 46.4 Å². The van der Waals surface area contributed by atoms with E-state index < -0.39 is 0 Å². The molecule has 1 aromatic heterocycles. The summed E-state index contributed by atoms with van der Waals surface area (Å²) >= 11 is 6.15. The number of rotatable bonds is 7. The molecule has 2 aliphatic rings. The number of hydrazone groups is 1. The Bertz CT molecular complexity index is 1230. The van der Waals surface area contributed by atoms with E-state index in [1.807, 2.05) is 54.4 Å². The van der Waals surface area contributed by atoms with E-state index in [4.69, 9.17) is 32.3 Å². The van der Waals surface area contributed by atoms with Crippen molar-refractivity contribution >= 4 is 23.3 Å². The molecule has 2 atom stereocenters. The number of benzene rings is 2. The second-order valence-corrected chi connectivity index (χ2v) is 9.75. The molecule has 1 fully saturated rings. The second kappa shape index (κ2) is 10.4. The molecule has 2 aliphatic heterocycles. The minimum atomic E-state index is -0.203. The number of aromatic nitrogens is 3. The lowest BCUT2D eigenvalue weighted by molar-refractivity contribution is 0.0597. The highest BCUT2D eigenvalue weighted by atomic mass is 35.5. The predicted octanol–water partition coefficient (Wildman–Crippen LogP) is 3.65. The van der Waals surface area contributed by atoms with Crippen LogP contribution in [0, 0.1) is 5.92 Å². The van der Waals surface area contributed by atoms with E-state index in [0.717, 1.165) is 42.9 Å². The van der Waals surface area contributed by atoms with Gasteiger partial charge in [-0.1, -0.05) is 54.1 Å². The average Bonchev–Trinajstić information content (AvgIpc) is 3.47. The first-order valence-electron chi connectivity index (χ1n) is 12.2. The lowest BCUT2D eigenvalue weighted by Crippen LogP contribution is -2.33. The molecule has 184 valence electrons. The molecule has 3 heterocycles. The lowest BCUT2D eigenvalue weighted by Gasteiger charge is -2.21. The van der Waals surface area contributed by atoms with Crippen molar-refractivity contribution in [1.82, 2.24) is 14.3 Å². The van der Waals surface area contributed by atoms with Crippen LogP contribution < -0.4 is 16.4 Å². The first kappa shape index (κ1) is 23.8. The van der Waals surface area contributed by atoms with Crippen LogP contribution in [0.1, 0.15) is 42.9 Å². The fourth-order valence-corrected chi connectivity index (χ4v) is 4.95. The molecule has 0 bridgehead atoms. The molecule has 0 amide bonds. The molecule has 9 heteroatoms. The van der Waals surface area contributed by atoms with Gasteiger partial charge in [0.15, 0.2) is 0 Å². The Morgan fingerprint density at radius 2 is 1.83 bits per heavy atom. The van der Waals surface area contributed by atoms with Gasteiger partial charge in [0.25, 0.3) is 0 Å². The Morgan fingerprint density at radius 3 is 2.51 bits per heavy atom. The van der Waals surface area contributed by atoms with Crippen molar-refractivity contribution in [3.05, 3.63) is 81.2 Å². The van der Waals surface area contributed by atoms with Crippen LogP contribution >= 0.6 is 11.6 Å². The van der Waals surface area contributed by atoms with E-state index >= 15 is 0 Å². The topological polar surface area (TPSA) is 90.7 Å². The van der Waals surface area contributed by atoms with Crippen molar-refractivity contribution in [2.75, 3.05) is 31.3 Å². The summed E-state index contributed by atoms with van der Waals surface area (Å²) in [6.07, 6.45) is 1.86. The molecular weight excluding hydrogens is 464 g/mol. The van der Waals surface area contributed by atoms with Crippen LogP contribution in [0.4, 0.5) is 5.95 Å². The molecule has 8 nitrogen and oxygen atoms in total. The van der Waals surface area contributed by atoms with Crippen molar-refractivity contribution in [3.63, 3.8) is 0 Å². The summed E-state index contributed by atoms with van der Waals surface area (Å²) in [5.74, 6) is 0.925. The van der Waals surface area contributed by atoms with Crippen LogP contribution in [0.3, 0.4) is 0 Å². The average molecular weight is 495 g/mol. The second-order valence-electron chi connectivity index (χ2n) is 9.31. The van der Waals surface area contributed by atoms with Gasteiger partial charge in [-0.25, -0.2) is 14.5 Å². The summed E-state index contributed by atoms with van der Waals surface area (Å²) in [4.78, 5) is 13.4. The smallest absolute Gasteiger partial charge is 0.347 e. The van der Waals surface area contributed by atoms with Crippen LogP contribution in [-0.2, 0) is 11.3 Å². The molecule has 3 aromatic rings. The summed E-state index contributed by atoms with van der Waals surface area (Å²) < 4.78 is 8.76. The number of hydrogen-bond donors (Lipinski definition) is 1. The van der Waals surface area contributed by atoms with Gasteiger partial charge in [-0.05, 0) is 48.9 Å². The van der Waals surface area contributed by atoms with Gasteiger partial charge < -0.3 is 10.5 Å². The molecular formula is C26H31ClN6O2. The summed E-state index contributed by atoms with van der Waals surface area (Å²) in [6.45, 7) is 4.88. The monoisotopic (exact) mass is 494 g/mol. The third-order valence-corrected chi connectivity index (χ3v) is 7.15. The maximum absolute atomic E-state index is 13.4. The molecule has 0 spiro atoms. The van der Waals surface area contributed by atoms with E-state index in [1.54, 1.807) is 9.25 Å². The van der Waals surface area contributed by atoms with Crippen LogP contribution in [0.2, 0.25) is 5.02 Å². The molecule has 0 radical (unpaired) electrons. The SMILES string of the molecule is C[C@@H](CN)n1c(N2C[C@H](c3ccccc3)C(c3ccc(Cl)cc3)=N2)nn(CC2CCOCC2)c1=O. The van der Waals surface area contributed by atoms with Crippen LogP contribution in [0.25, 0.3) is 0 Å². The largest absolute Gasteiger partial charge is 0.381 e.